The van der Waals surface area contributed by atoms with Gasteiger partial charge in [-0.05, 0) is 70.9 Å². The lowest BCUT2D eigenvalue weighted by atomic mass is 10.1. The summed E-state index contributed by atoms with van der Waals surface area (Å²) in [5.41, 5.74) is 2.60. The van der Waals surface area contributed by atoms with Crippen LogP contribution in [0.2, 0.25) is 0 Å². The molecule has 2 aromatic carbocycles. The fraction of sp³-hybridized carbons (Fsp3) is 0.0833. The molecule has 0 aliphatic rings. The Kier molecular flexibility index (Phi) is 5.98. The number of aromatic nitrogens is 1. The molecule has 5 heteroatoms. The van der Waals surface area contributed by atoms with Crippen LogP contribution in [0.25, 0.3) is 0 Å². The second-order valence-electron chi connectivity index (χ2n) is 6.55. The van der Waals surface area contributed by atoms with Crippen LogP contribution >= 0.6 is 11.3 Å². The highest BCUT2D eigenvalue weighted by molar-refractivity contribution is 7.07. The molecule has 0 saturated heterocycles. The van der Waals surface area contributed by atoms with Crippen molar-refractivity contribution in [1.29, 1.82) is 0 Å². The second-order valence-corrected chi connectivity index (χ2v) is 7.33. The Morgan fingerprint density at radius 1 is 0.862 bits per heavy atom. The van der Waals surface area contributed by atoms with Crippen LogP contribution in [0.1, 0.15) is 21.6 Å². The summed E-state index contributed by atoms with van der Waals surface area (Å²) in [6.45, 7) is 0.999. The molecule has 0 unspecified atom stereocenters. The monoisotopic (exact) mass is 400 g/mol. The average molecular weight is 401 g/mol. The first-order chi connectivity index (χ1) is 14.3. The lowest BCUT2D eigenvalue weighted by Crippen LogP contribution is -2.30. The Labute approximate surface area is 174 Å². The van der Waals surface area contributed by atoms with Gasteiger partial charge in [-0.15, -0.1) is 0 Å². The Balaban J connectivity index is 1.51. The molecule has 4 aromatic rings. The molecule has 2 heterocycles. The maximum atomic E-state index is 13.2. The van der Waals surface area contributed by atoms with Crippen LogP contribution in [0.3, 0.4) is 0 Å². The molecule has 29 heavy (non-hydrogen) atoms. The number of amides is 1. The molecular weight excluding hydrogens is 380 g/mol. The molecule has 0 aliphatic heterocycles. The number of pyridine rings is 1. The van der Waals surface area contributed by atoms with Crippen LogP contribution in [-0.2, 0) is 13.1 Å². The third-order valence-electron chi connectivity index (χ3n) is 4.40. The Morgan fingerprint density at radius 3 is 2.31 bits per heavy atom. The summed E-state index contributed by atoms with van der Waals surface area (Å²) in [6, 6.07) is 24.6. The van der Waals surface area contributed by atoms with E-state index >= 15 is 0 Å². The molecule has 144 valence electrons. The highest BCUT2D eigenvalue weighted by atomic mass is 32.1. The van der Waals surface area contributed by atoms with Crippen LogP contribution < -0.4 is 4.74 Å². The van der Waals surface area contributed by atoms with E-state index in [-0.39, 0.29) is 5.91 Å². The molecule has 1 amide bonds. The van der Waals surface area contributed by atoms with Gasteiger partial charge in [0.1, 0.15) is 11.5 Å². The number of rotatable bonds is 7. The topological polar surface area (TPSA) is 42.4 Å². The summed E-state index contributed by atoms with van der Waals surface area (Å²) in [4.78, 5) is 19.4. The molecule has 0 N–H and O–H groups in total. The van der Waals surface area contributed by atoms with Gasteiger partial charge in [0.2, 0.25) is 0 Å². The lowest BCUT2D eigenvalue weighted by Gasteiger charge is -2.22. The van der Waals surface area contributed by atoms with Gasteiger partial charge in [-0.25, -0.2) is 0 Å². The first-order valence-corrected chi connectivity index (χ1v) is 10.3. The summed E-state index contributed by atoms with van der Waals surface area (Å²) in [5, 5.41) is 4.09. The number of hydrogen-bond donors (Lipinski definition) is 0. The average Bonchev–Trinajstić information content (AvgIpc) is 3.28. The van der Waals surface area contributed by atoms with E-state index in [1.165, 1.54) is 0 Å². The van der Waals surface area contributed by atoms with Gasteiger partial charge in [-0.1, -0.05) is 24.3 Å². The summed E-state index contributed by atoms with van der Waals surface area (Å²) < 4.78 is 5.82. The summed E-state index contributed by atoms with van der Waals surface area (Å²) in [5.74, 6) is 1.43. The Morgan fingerprint density at radius 2 is 1.62 bits per heavy atom. The number of para-hydroxylation sites is 1. The zero-order valence-electron chi connectivity index (χ0n) is 15.8. The zero-order valence-corrected chi connectivity index (χ0v) is 16.6. The molecule has 0 saturated carbocycles. The van der Waals surface area contributed by atoms with Crippen molar-refractivity contribution in [2.45, 2.75) is 13.1 Å². The van der Waals surface area contributed by atoms with Crippen molar-refractivity contribution in [1.82, 2.24) is 9.88 Å². The number of hydrogen-bond acceptors (Lipinski definition) is 4. The van der Waals surface area contributed by atoms with E-state index in [1.807, 2.05) is 77.0 Å². The number of carbonyl (C=O) groups is 1. The predicted octanol–water partition coefficient (Wildman–Crippen LogP) is 5.78. The van der Waals surface area contributed by atoms with E-state index in [9.17, 15) is 4.79 Å². The molecule has 2 aromatic heterocycles. The predicted molar refractivity (Wildman–Crippen MR) is 115 cm³/mol. The van der Waals surface area contributed by atoms with E-state index in [4.69, 9.17) is 4.74 Å². The molecular formula is C24H20N2O2S. The van der Waals surface area contributed by atoms with Gasteiger partial charge in [-0.3, -0.25) is 9.78 Å². The molecule has 0 atom stereocenters. The minimum atomic E-state index is -0.0342. The summed E-state index contributed by atoms with van der Waals surface area (Å²) >= 11 is 1.63. The molecule has 4 nitrogen and oxygen atoms in total. The first kappa shape index (κ1) is 18.9. The maximum Gasteiger partial charge on any atom is 0.254 e. The Hall–Kier alpha value is -3.44. The van der Waals surface area contributed by atoms with E-state index in [0.29, 0.717) is 24.4 Å². The standard InChI is InChI=1S/C24H20N2O2S/c27-24(20-9-11-23(12-10-20)28-22-7-2-1-3-8-22)26(16-19-13-15-29-18-19)17-21-6-4-5-14-25-21/h1-15,18H,16-17H2. The highest BCUT2D eigenvalue weighted by Gasteiger charge is 2.17. The number of ether oxygens (including phenoxy) is 1. The smallest absolute Gasteiger partial charge is 0.254 e. The van der Waals surface area contributed by atoms with Crippen molar-refractivity contribution in [2.75, 3.05) is 0 Å². The SMILES string of the molecule is O=C(c1ccc(Oc2ccccc2)cc1)N(Cc1ccsc1)Cc1ccccn1. The van der Waals surface area contributed by atoms with Gasteiger partial charge in [0.05, 0.1) is 12.2 Å². The van der Waals surface area contributed by atoms with E-state index in [1.54, 1.807) is 29.7 Å². The van der Waals surface area contributed by atoms with Crippen molar-refractivity contribution in [3.8, 4) is 11.5 Å². The molecule has 0 bridgehead atoms. The van der Waals surface area contributed by atoms with E-state index < -0.39 is 0 Å². The Bertz CT molecular complexity index is 1030. The van der Waals surface area contributed by atoms with Gasteiger partial charge in [0.25, 0.3) is 5.91 Å². The lowest BCUT2D eigenvalue weighted by molar-refractivity contribution is 0.0728. The number of thiophene rings is 1. The minimum absolute atomic E-state index is 0.0342. The van der Waals surface area contributed by atoms with E-state index in [2.05, 4.69) is 10.4 Å². The van der Waals surface area contributed by atoms with Crippen LogP contribution in [0, 0.1) is 0 Å². The first-order valence-electron chi connectivity index (χ1n) is 9.31. The molecule has 0 aliphatic carbocycles. The third kappa shape index (κ3) is 5.09. The summed E-state index contributed by atoms with van der Waals surface area (Å²) in [7, 11) is 0. The normalized spacial score (nSPS) is 10.5. The van der Waals surface area contributed by atoms with Crippen LogP contribution in [-0.4, -0.2) is 15.8 Å². The zero-order chi connectivity index (χ0) is 19.9. The maximum absolute atomic E-state index is 13.2. The molecule has 0 fully saturated rings. The number of benzene rings is 2. The van der Waals surface area contributed by atoms with Crippen molar-refractivity contribution >= 4 is 17.2 Å². The molecule has 0 radical (unpaired) electrons. The van der Waals surface area contributed by atoms with Gasteiger partial charge in [0, 0.05) is 18.3 Å². The van der Waals surface area contributed by atoms with E-state index in [0.717, 1.165) is 17.0 Å². The van der Waals surface area contributed by atoms with Gasteiger partial charge in [-0.2, -0.15) is 11.3 Å². The minimum Gasteiger partial charge on any atom is -0.457 e. The quantitative estimate of drug-likeness (QED) is 0.395. The van der Waals surface area contributed by atoms with Gasteiger partial charge >= 0.3 is 0 Å². The van der Waals surface area contributed by atoms with Crippen molar-refractivity contribution in [3.05, 3.63) is 113 Å². The van der Waals surface area contributed by atoms with Crippen molar-refractivity contribution in [3.63, 3.8) is 0 Å². The van der Waals surface area contributed by atoms with Crippen LogP contribution in [0.15, 0.2) is 95.8 Å². The number of nitrogens with zero attached hydrogens (tertiary/aromatic N) is 2. The fourth-order valence-corrected chi connectivity index (χ4v) is 3.62. The molecule has 4 rings (SSSR count). The second kappa shape index (κ2) is 9.17. The van der Waals surface area contributed by atoms with Gasteiger partial charge < -0.3 is 9.64 Å². The number of carbonyl (C=O) groups excluding carboxylic acids is 1. The van der Waals surface area contributed by atoms with Crippen LogP contribution in [0.4, 0.5) is 0 Å². The van der Waals surface area contributed by atoms with Crippen molar-refractivity contribution in [2.24, 2.45) is 0 Å². The summed E-state index contributed by atoms with van der Waals surface area (Å²) in [6.07, 6.45) is 1.75. The highest BCUT2D eigenvalue weighted by Crippen LogP contribution is 2.22. The fourth-order valence-electron chi connectivity index (χ4n) is 2.96. The van der Waals surface area contributed by atoms with Gasteiger partial charge in [0.15, 0.2) is 0 Å². The van der Waals surface area contributed by atoms with Crippen LogP contribution in [0.5, 0.6) is 11.5 Å². The third-order valence-corrected chi connectivity index (χ3v) is 5.13. The van der Waals surface area contributed by atoms with Crippen molar-refractivity contribution < 1.29 is 9.53 Å². The molecule has 0 spiro atoms. The largest absolute Gasteiger partial charge is 0.457 e.